The van der Waals surface area contributed by atoms with Crippen molar-refractivity contribution in [1.29, 1.82) is 0 Å². The summed E-state index contributed by atoms with van der Waals surface area (Å²) < 4.78 is 5.45. The Morgan fingerprint density at radius 1 is 1.35 bits per heavy atom. The fourth-order valence-electron chi connectivity index (χ4n) is 2.64. The van der Waals surface area contributed by atoms with Crippen LogP contribution in [0.15, 0.2) is 28.8 Å². The van der Waals surface area contributed by atoms with E-state index < -0.39 is 0 Å². The maximum Gasteiger partial charge on any atom is 0.249 e. The largest absolute Gasteiger partial charge is 0.344 e. The Labute approximate surface area is 159 Å². The summed E-state index contributed by atoms with van der Waals surface area (Å²) in [5, 5.41) is 7.70. The second-order valence-electron chi connectivity index (χ2n) is 6.50. The molecule has 0 saturated heterocycles. The molecule has 1 aromatic carbocycles. The quantitative estimate of drug-likeness (QED) is 0.606. The number of hydrogen-bond acceptors (Lipinski definition) is 5. The minimum Gasteiger partial charge on any atom is -0.344 e. The monoisotopic (exact) mass is 378 g/mol. The number of amides is 1. The molecule has 0 radical (unpaired) electrons. The summed E-state index contributed by atoms with van der Waals surface area (Å²) in [5.74, 6) is 1.06. The van der Waals surface area contributed by atoms with Crippen LogP contribution in [0, 0.1) is 5.92 Å². The van der Waals surface area contributed by atoms with E-state index in [0.29, 0.717) is 29.7 Å². The molecule has 0 aliphatic carbocycles. The minimum absolute atomic E-state index is 0.00479. The molecule has 0 aliphatic rings. The lowest BCUT2D eigenvalue weighted by Gasteiger charge is -2.20. The first-order chi connectivity index (χ1) is 12.5. The van der Waals surface area contributed by atoms with Gasteiger partial charge in [-0.05, 0) is 37.4 Å². The number of carbonyl (C=O) groups excluding carboxylic acids is 1. The molecular weight excluding hydrogens is 352 g/mol. The first-order valence-electron chi connectivity index (χ1n) is 9.14. The van der Waals surface area contributed by atoms with Gasteiger partial charge in [-0.25, -0.2) is 0 Å². The summed E-state index contributed by atoms with van der Waals surface area (Å²) in [6, 6.07) is 6.98. The summed E-state index contributed by atoms with van der Waals surface area (Å²) in [4.78, 5) is 16.8. The molecule has 7 heteroatoms. The number of rotatable bonds is 10. The number of aromatic nitrogens is 2. The molecule has 0 spiro atoms. The fraction of sp³-hybridized carbons (Fsp3) is 0.526. The van der Waals surface area contributed by atoms with Crippen molar-refractivity contribution in [2.75, 3.05) is 6.54 Å². The van der Waals surface area contributed by atoms with Crippen LogP contribution in [0.25, 0.3) is 11.4 Å². The fourth-order valence-corrected chi connectivity index (χ4v) is 2.83. The van der Waals surface area contributed by atoms with Crippen molar-refractivity contribution in [3.8, 4) is 11.4 Å². The molecule has 1 aromatic heterocycles. The number of unbranched alkanes of at least 4 members (excludes halogenated alkanes) is 2. The van der Waals surface area contributed by atoms with E-state index in [1.165, 1.54) is 0 Å². The second kappa shape index (κ2) is 10.3. The van der Waals surface area contributed by atoms with Crippen molar-refractivity contribution in [1.82, 2.24) is 15.5 Å². The number of carbonyl (C=O) groups is 1. The molecule has 2 unspecified atom stereocenters. The van der Waals surface area contributed by atoms with Crippen LogP contribution in [-0.2, 0) is 4.79 Å². The maximum absolute atomic E-state index is 12.3. The van der Waals surface area contributed by atoms with Crippen LogP contribution in [0.4, 0.5) is 0 Å². The van der Waals surface area contributed by atoms with Gasteiger partial charge in [-0.15, -0.1) is 0 Å². The zero-order chi connectivity index (χ0) is 18.9. The van der Waals surface area contributed by atoms with Crippen LogP contribution in [0.2, 0.25) is 5.02 Å². The Balaban J connectivity index is 2.08. The van der Waals surface area contributed by atoms with Gasteiger partial charge in [0.1, 0.15) is 6.04 Å². The van der Waals surface area contributed by atoms with Gasteiger partial charge < -0.3 is 15.6 Å². The minimum atomic E-state index is -0.303. The molecule has 0 fully saturated rings. The van der Waals surface area contributed by atoms with Crippen LogP contribution in [0.3, 0.4) is 0 Å². The average molecular weight is 379 g/mol. The zero-order valence-electron chi connectivity index (χ0n) is 15.4. The van der Waals surface area contributed by atoms with E-state index >= 15 is 0 Å². The van der Waals surface area contributed by atoms with Gasteiger partial charge in [-0.2, -0.15) is 4.98 Å². The molecule has 6 nitrogen and oxygen atoms in total. The van der Waals surface area contributed by atoms with Crippen molar-refractivity contribution < 1.29 is 9.32 Å². The third-order valence-electron chi connectivity index (χ3n) is 4.43. The van der Waals surface area contributed by atoms with Gasteiger partial charge in [0.05, 0.1) is 0 Å². The summed E-state index contributed by atoms with van der Waals surface area (Å²) in [6.07, 6.45) is 4.08. The van der Waals surface area contributed by atoms with E-state index in [4.69, 9.17) is 21.9 Å². The first kappa shape index (κ1) is 20.4. The Morgan fingerprint density at radius 2 is 2.15 bits per heavy atom. The molecule has 2 aromatic rings. The van der Waals surface area contributed by atoms with Crippen LogP contribution < -0.4 is 11.1 Å². The summed E-state index contributed by atoms with van der Waals surface area (Å²) >= 11 is 6.03. The number of hydrogen-bond donors (Lipinski definition) is 2. The average Bonchev–Trinajstić information content (AvgIpc) is 3.12. The van der Waals surface area contributed by atoms with Gasteiger partial charge >= 0.3 is 0 Å². The topological polar surface area (TPSA) is 94.0 Å². The molecular formula is C19H27ClN4O2. The summed E-state index contributed by atoms with van der Waals surface area (Å²) in [5.41, 5.74) is 6.26. The number of benzene rings is 1. The Kier molecular flexibility index (Phi) is 8.06. The van der Waals surface area contributed by atoms with Crippen molar-refractivity contribution in [2.45, 2.75) is 52.0 Å². The SMILES string of the molecule is CCC(C)C(NC(=O)CCCCCN)c1nc(-c2cccc(Cl)c2)no1. The molecule has 1 amide bonds. The van der Waals surface area contributed by atoms with Crippen molar-refractivity contribution in [3.63, 3.8) is 0 Å². The summed E-state index contributed by atoms with van der Waals surface area (Å²) in [7, 11) is 0. The number of nitrogens with two attached hydrogens (primary N) is 1. The van der Waals surface area contributed by atoms with E-state index in [2.05, 4.69) is 29.3 Å². The lowest BCUT2D eigenvalue weighted by Crippen LogP contribution is -2.32. The molecule has 26 heavy (non-hydrogen) atoms. The highest BCUT2D eigenvalue weighted by Gasteiger charge is 2.26. The van der Waals surface area contributed by atoms with Gasteiger partial charge in [0, 0.05) is 17.0 Å². The maximum atomic E-state index is 12.3. The van der Waals surface area contributed by atoms with E-state index in [1.807, 2.05) is 12.1 Å². The van der Waals surface area contributed by atoms with Gasteiger partial charge in [0.15, 0.2) is 0 Å². The van der Waals surface area contributed by atoms with E-state index in [1.54, 1.807) is 12.1 Å². The third-order valence-corrected chi connectivity index (χ3v) is 4.66. The zero-order valence-corrected chi connectivity index (χ0v) is 16.1. The van der Waals surface area contributed by atoms with Gasteiger partial charge in [-0.1, -0.05) is 55.6 Å². The number of nitrogens with zero attached hydrogens (tertiary/aromatic N) is 2. The highest BCUT2D eigenvalue weighted by molar-refractivity contribution is 6.30. The van der Waals surface area contributed by atoms with Crippen molar-refractivity contribution in [3.05, 3.63) is 35.2 Å². The predicted octanol–water partition coefficient (Wildman–Crippen LogP) is 4.11. The molecule has 1 heterocycles. The normalized spacial score (nSPS) is 13.4. The van der Waals surface area contributed by atoms with Gasteiger partial charge in [0.25, 0.3) is 0 Å². The number of halogens is 1. The lowest BCUT2D eigenvalue weighted by atomic mass is 9.98. The summed E-state index contributed by atoms with van der Waals surface area (Å²) in [6.45, 7) is 4.79. The Bertz CT molecular complexity index is 704. The van der Waals surface area contributed by atoms with Gasteiger partial charge in [0.2, 0.25) is 17.6 Å². The lowest BCUT2D eigenvalue weighted by molar-refractivity contribution is -0.122. The Morgan fingerprint density at radius 3 is 2.85 bits per heavy atom. The van der Waals surface area contributed by atoms with Crippen LogP contribution in [-0.4, -0.2) is 22.6 Å². The van der Waals surface area contributed by atoms with E-state index in [9.17, 15) is 4.79 Å². The second-order valence-corrected chi connectivity index (χ2v) is 6.93. The molecule has 0 aliphatic heterocycles. The van der Waals surface area contributed by atoms with Crippen molar-refractivity contribution in [2.24, 2.45) is 11.7 Å². The van der Waals surface area contributed by atoms with Crippen molar-refractivity contribution >= 4 is 17.5 Å². The highest BCUT2D eigenvalue weighted by atomic mass is 35.5. The number of nitrogens with one attached hydrogen (secondary N) is 1. The molecule has 3 N–H and O–H groups in total. The Hall–Kier alpha value is -1.92. The first-order valence-corrected chi connectivity index (χ1v) is 9.52. The van der Waals surface area contributed by atoms with E-state index in [0.717, 1.165) is 31.2 Å². The molecule has 2 atom stereocenters. The molecule has 0 bridgehead atoms. The van der Waals surface area contributed by atoms with Crippen LogP contribution in [0.5, 0.6) is 0 Å². The van der Waals surface area contributed by atoms with Crippen LogP contribution >= 0.6 is 11.6 Å². The van der Waals surface area contributed by atoms with Crippen LogP contribution in [0.1, 0.15) is 57.9 Å². The highest BCUT2D eigenvalue weighted by Crippen LogP contribution is 2.26. The molecule has 0 saturated carbocycles. The predicted molar refractivity (Wildman–Crippen MR) is 103 cm³/mol. The molecule has 142 valence electrons. The molecule has 2 rings (SSSR count). The van der Waals surface area contributed by atoms with E-state index in [-0.39, 0.29) is 17.9 Å². The third kappa shape index (κ3) is 5.81. The standard InChI is InChI=1S/C19H27ClN4O2/c1-3-13(2)17(22-16(25)10-5-4-6-11-21)19-23-18(24-26-19)14-8-7-9-15(20)12-14/h7-9,12-13,17H,3-6,10-11,21H2,1-2H3,(H,22,25). The van der Waals surface area contributed by atoms with Gasteiger partial charge in [-0.3, -0.25) is 4.79 Å². The smallest absolute Gasteiger partial charge is 0.249 e.